The van der Waals surface area contributed by atoms with Crippen molar-refractivity contribution in [3.63, 3.8) is 0 Å². The van der Waals surface area contributed by atoms with Gasteiger partial charge in [-0.1, -0.05) is 0 Å². The molecule has 19 heavy (non-hydrogen) atoms. The van der Waals surface area contributed by atoms with Crippen LogP contribution in [0.15, 0.2) is 29.0 Å². The predicted octanol–water partition coefficient (Wildman–Crippen LogP) is 2.77. The van der Waals surface area contributed by atoms with Crippen molar-refractivity contribution < 1.29 is 4.74 Å². The highest BCUT2D eigenvalue weighted by atomic mass is 79.9. The van der Waals surface area contributed by atoms with Gasteiger partial charge in [-0.3, -0.25) is 4.98 Å². The third-order valence-corrected chi connectivity index (χ3v) is 3.87. The van der Waals surface area contributed by atoms with E-state index in [0.29, 0.717) is 5.92 Å². The number of aromatic nitrogens is 2. The summed E-state index contributed by atoms with van der Waals surface area (Å²) in [5.41, 5.74) is 1.69. The van der Waals surface area contributed by atoms with E-state index < -0.39 is 0 Å². The molecule has 3 rings (SSSR count). The first-order valence-electron chi connectivity index (χ1n) is 6.57. The molecule has 0 atom stereocenters. The van der Waals surface area contributed by atoms with Crippen molar-refractivity contribution in [2.24, 2.45) is 5.92 Å². The molecule has 1 aliphatic rings. The molecule has 0 unspecified atom stereocenters. The van der Waals surface area contributed by atoms with Crippen molar-refractivity contribution in [1.29, 1.82) is 0 Å². The molecule has 0 amide bonds. The summed E-state index contributed by atoms with van der Waals surface area (Å²) in [4.78, 5) is 8.71. The van der Waals surface area contributed by atoms with Gasteiger partial charge < -0.3 is 10.1 Å². The van der Waals surface area contributed by atoms with Crippen molar-refractivity contribution in [2.75, 3.05) is 19.7 Å². The first-order chi connectivity index (χ1) is 9.33. The van der Waals surface area contributed by atoms with Gasteiger partial charge in [0.15, 0.2) is 0 Å². The van der Waals surface area contributed by atoms with Gasteiger partial charge in [0.05, 0.1) is 12.1 Å². The molecule has 5 heteroatoms. The molecule has 0 radical (unpaired) electrons. The molecule has 1 N–H and O–H groups in total. The van der Waals surface area contributed by atoms with E-state index in [2.05, 4.69) is 31.2 Å². The Labute approximate surface area is 120 Å². The SMILES string of the molecule is Brc1cnc2c(OCC3CCNCC3)ccnc2c1. The summed E-state index contributed by atoms with van der Waals surface area (Å²) in [5, 5.41) is 3.37. The number of hydrogen-bond acceptors (Lipinski definition) is 4. The third-order valence-electron chi connectivity index (χ3n) is 3.44. The predicted molar refractivity (Wildman–Crippen MR) is 78.3 cm³/mol. The lowest BCUT2D eigenvalue weighted by Gasteiger charge is -2.22. The lowest BCUT2D eigenvalue weighted by Crippen LogP contribution is -2.30. The molecule has 1 fully saturated rings. The van der Waals surface area contributed by atoms with Crippen LogP contribution in [0, 0.1) is 5.92 Å². The number of pyridine rings is 2. The van der Waals surface area contributed by atoms with Crippen molar-refractivity contribution in [3.05, 3.63) is 29.0 Å². The second-order valence-corrected chi connectivity index (χ2v) is 5.75. The zero-order valence-electron chi connectivity index (χ0n) is 10.6. The first kappa shape index (κ1) is 12.8. The minimum Gasteiger partial charge on any atom is -0.491 e. The Kier molecular flexibility index (Phi) is 3.94. The second kappa shape index (κ2) is 5.84. The number of piperidine rings is 1. The van der Waals surface area contributed by atoms with Gasteiger partial charge in [-0.2, -0.15) is 0 Å². The van der Waals surface area contributed by atoms with Gasteiger partial charge in [0.25, 0.3) is 0 Å². The van der Waals surface area contributed by atoms with Crippen LogP contribution in [0.4, 0.5) is 0 Å². The van der Waals surface area contributed by atoms with Crippen LogP contribution >= 0.6 is 15.9 Å². The molecule has 2 aromatic rings. The fourth-order valence-corrected chi connectivity index (χ4v) is 2.67. The molecule has 4 nitrogen and oxygen atoms in total. The highest BCUT2D eigenvalue weighted by molar-refractivity contribution is 9.10. The number of hydrogen-bond donors (Lipinski definition) is 1. The molecular formula is C14H16BrN3O. The Balaban J connectivity index is 1.76. The average Bonchev–Trinajstić information content (AvgIpc) is 2.45. The van der Waals surface area contributed by atoms with Crippen LogP contribution in [0.2, 0.25) is 0 Å². The summed E-state index contributed by atoms with van der Waals surface area (Å²) in [7, 11) is 0. The standard InChI is InChI=1S/C14H16BrN3O/c15-11-7-12-14(18-8-11)13(3-6-17-12)19-9-10-1-4-16-5-2-10/h3,6-8,10,16H,1-2,4-5,9H2. The Morgan fingerprint density at radius 3 is 3.00 bits per heavy atom. The normalized spacial score (nSPS) is 16.7. The van der Waals surface area contributed by atoms with Gasteiger partial charge in [0, 0.05) is 22.9 Å². The number of halogens is 1. The molecule has 0 saturated carbocycles. The third kappa shape index (κ3) is 3.04. The van der Waals surface area contributed by atoms with Crippen LogP contribution in [-0.4, -0.2) is 29.7 Å². The van der Waals surface area contributed by atoms with E-state index in [0.717, 1.165) is 41.0 Å². The van der Waals surface area contributed by atoms with Gasteiger partial charge in [0.2, 0.25) is 0 Å². The van der Waals surface area contributed by atoms with Crippen LogP contribution in [0.1, 0.15) is 12.8 Å². The lowest BCUT2D eigenvalue weighted by molar-refractivity contribution is 0.217. The minimum absolute atomic E-state index is 0.639. The maximum atomic E-state index is 5.95. The fourth-order valence-electron chi connectivity index (χ4n) is 2.35. The van der Waals surface area contributed by atoms with Gasteiger partial charge in [0.1, 0.15) is 11.3 Å². The Bertz CT molecular complexity index is 570. The second-order valence-electron chi connectivity index (χ2n) is 4.83. The van der Waals surface area contributed by atoms with E-state index >= 15 is 0 Å². The molecular weight excluding hydrogens is 306 g/mol. The number of rotatable bonds is 3. The molecule has 0 spiro atoms. The van der Waals surface area contributed by atoms with Crippen molar-refractivity contribution in [3.8, 4) is 5.75 Å². The Morgan fingerprint density at radius 2 is 2.16 bits per heavy atom. The van der Waals surface area contributed by atoms with Gasteiger partial charge in [-0.05, 0) is 53.8 Å². The maximum absolute atomic E-state index is 5.95. The topological polar surface area (TPSA) is 47.0 Å². The quantitative estimate of drug-likeness (QED) is 0.944. The lowest BCUT2D eigenvalue weighted by atomic mass is 9.99. The Morgan fingerprint density at radius 1 is 1.32 bits per heavy atom. The van der Waals surface area contributed by atoms with Gasteiger partial charge in [-0.25, -0.2) is 4.98 Å². The first-order valence-corrected chi connectivity index (χ1v) is 7.36. The molecule has 2 aromatic heterocycles. The molecule has 100 valence electrons. The zero-order valence-corrected chi connectivity index (χ0v) is 12.2. The monoisotopic (exact) mass is 321 g/mol. The van der Waals surface area contributed by atoms with E-state index in [1.54, 1.807) is 12.4 Å². The molecule has 1 aliphatic heterocycles. The number of nitrogens with one attached hydrogen (secondary N) is 1. The van der Waals surface area contributed by atoms with E-state index in [4.69, 9.17) is 4.74 Å². The highest BCUT2D eigenvalue weighted by Gasteiger charge is 2.14. The summed E-state index contributed by atoms with van der Waals surface area (Å²) < 4.78 is 6.89. The summed E-state index contributed by atoms with van der Waals surface area (Å²) in [6.45, 7) is 2.95. The van der Waals surface area contributed by atoms with E-state index in [1.807, 2.05) is 12.1 Å². The zero-order chi connectivity index (χ0) is 13.1. The minimum atomic E-state index is 0.639. The maximum Gasteiger partial charge on any atom is 0.148 e. The van der Waals surface area contributed by atoms with Crippen LogP contribution in [-0.2, 0) is 0 Å². The molecule has 0 aromatic carbocycles. The van der Waals surface area contributed by atoms with E-state index in [9.17, 15) is 0 Å². The van der Waals surface area contributed by atoms with Crippen molar-refractivity contribution >= 4 is 27.0 Å². The van der Waals surface area contributed by atoms with E-state index in [-0.39, 0.29) is 0 Å². The largest absolute Gasteiger partial charge is 0.491 e. The van der Waals surface area contributed by atoms with Crippen LogP contribution in [0.25, 0.3) is 11.0 Å². The Hall–Kier alpha value is -1.20. The van der Waals surface area contributed by atoms with Crippen LogP contribution < -0.4 is 10.1 Å². The number of nitrogens with zero attached hydrogens (tertiary/aromatic N) is 2. The van der Waals surface area contributed by atoms with Crippen LogP contribution in [0.5, 0.6) is 5.75 Å². The smallest absolute Gasteiger partial charge is 0.148 e. The van der Waals surface area contributed by atoms with E-state index in [1.165, 1.54) is 12.8 Å². The van der Waals surface area contributed by atoms with Gasteiger partial charge >= 0.3 is 0 Å². The van der Waals surface area contributed by atoms with Crippen LogP contribution in [0.3, 0.4) is 0 Å². The van der Waals surface area contributed by atoms with Crippen molar-refractivity contribution in [1.82, 2.24) is 15.3 Å². The van der Waals surface area contributed by atoms with Gasteiger partial charge in [-0.15, -0.1) is 0 Å². The average molecular weight is 322 g/mol. The van der Waals surface area contributed by atoms with Crippen molar-refractivity contribution in [2.45, 2.75) is 12.8 Å². The molecule has 0 aliphatic carbocycles. The summed E-state index contributed by atoms with van der Waals surface area (Å²) in [6, 6.07) is 3.85. The summed E-state index contributed by atoms with van der Waals surface area (Å²) in [6.07, 6.45) is 5.92. The summed E-state index contributed by atoms with van der Waals surface area (Å²) in [5.74, 6) is 1.47. The molecule has 1 saturated heterocycles. The molecule has 3 heterocycles. The number of fused-ring (bicyclic) bond motifs is 1. The summed E-state index contributed by atoms with van der Waals surface area (Å²) >= 11 is 3.41. The fraction of sp³-hybridized carbons (Fsp3) is 0.429. The highest BCUT2D eigenvalue weighted by Crippen LogP contribution is 2.25. The molecule has 0 bridgehead atoms. The number of ether oxygens (including phenoxy) is 1.